The minimum Gasteiger partial charge on any atom is -0.338 e. The molecule has 0 radical (unpaired) electrons. The van der Waals surface area contributed by atoms with Crippen molar-refractivity contribution in [3.05, 3.63) is 11.7 Å². The van der Waals surface area contributed by atoms with Crippen molar-refractivity contribution in [1.29, 1.82) is 0 Å². The zero-order valence-electron chi connectivity index (χ0n) is 9.73. The third-order valence-corrected chi connectivity index (χ3v) is 2.87. The van der Waals surface area contributed by atoms with E-state index < -0.39 is 0 Å². The average molecular weight is 209 g/mol. The van der Waals surface area contributed by atoms with Crippen LogP contribution in [0.3, 0.4) is 0 Å². The van der Waals surface area contributed by atoms with E-state index in [9.17, 15) is 0 Å². The van der Waals surface area contributed by atoms with Crippen molar-refractivity contribution in [3.8, 4) is 0 Å². The van der Waals surface area contributed by atoms with Crippen molar-refractivity contribution in [2.45, 2.75) is 33.7 Å². The number of aryl methyl sites for hydroxylation is 1. The molecule has 1 aromatic rings. The third-order valence-electron chi connectivity index (χ3n) is 2.87. The maximum absolute atomic E-state index is 5.13. The number of piperidine rings is 1. The van der Waals surface area contributed by atoms with Crippen LogP contribution in [0.15, 0.2) is 4.52 Å². The van der Waals surface area contributed by atoms with E-state index in [0.29, 0.717) is 0 Å². The molecule has 0 saturated carbocycles. The first-order chi connectivity index (χ1) is 7.13. The van der Waals surface area contributed by atoms with Crippen LogP contribution in [0.4, 0.5) is 0 Å². The fraction of sp³-hybridized carbons (Fsp3) is 0.818. The number of nitrogens with zero attached hydrogens (tertiary/aromatic N) is 3. The van der Waals surface area contributed by atoms with Crippen molar-refractivity contribution in [3.63, 3.8) is 0 Å². The Kier molecular flexibility index (Phi) is 3.05. The molecule has 15 heavy (non-hydrogen) atoms. The Morgan fingerprint density at radius 2 is 2.00 bits per heavy atom. The molecule has 1 saturated heterocycles. The van der Waals surface area contributed by atoms with Gasteiger partial charge in [0.05, 0.1) is 6.54 Å². The second kappa shape index (κ2) is 4.31. The molecule has 0 N–H and O–H groups in total. The van der Waals surface area contributed by atoms with E-state index in [1.54, 1.807) is 0 Å². The Morgan fingerprint density at radius 1 is 1.33 bits per heavy atom. The second-order valence-electron chi connectivity index (χ2n) is 4.88. The summed E-state index contributed by atoms with van der Waals surface area (Å²) in [5.41, 5.74) is 0. The molecule has 1 fully saturated rings. The van der Waals surface area contributed by atoms with Crippen LogP contribution < -0.4 is 0 Å². The van der Waals surface area contributed by atoms with Gasteiger partial charge in [0.15, 0.2) is 5.82 Å². The summed E-state index contributed by atoms with van der Waals surface area (Å²) in [7, 11) is 0. The molecule has 4 heteroatoms. The zero-order valence-corrected chi connectivity index (χ0v) is 9.73. The molecule has 1 aliphatic heterocycles. The molecule has 4 nitrogen and oxygen atoms in total. The fourth-order valence-corrected chi connectivity index (χ4v) is 2.52. The highest BCUT2D eigenvalue weighted by atomic mass is 16.5. The minimum atomic E-state index is 0.725. The van der Waals surface area contributed by atoms with Crippen molar-refractivity contribution in [2.75, 3.05) is 13.1 Å². The summed E-state index contributed by atoms with van der Waals surface area (Å²) in [6, 6.07) is 0. The molecule has 2 atom stereocenters. The van der Waals surface area contributed by atoms with Crippen LogP contribution in [0.5, 0.6) is 0 Å². The van der Waals surface area contributed by atoms with E-state index in [1.807, 2.05) is 6.92 Å². The van der Waals surface area contributed by atoms with E-state index in [2.05, 4.69) is 28.9 Å². The van der Waals surface area contributed by atoms with Crippen LogP contribution in [0.2, 0.25) is 0 Å². The molecular weight excluding hydrogens is 190 g/mol. The molecule has 0 bridgehead atoms. The molecule has 2 rings (SSSR count). The van der Waals surface area contributed by atoms with E-state index in [0.717, 1.165) is 43.2 Å². The topological polar surface area (TPSA) is 42.2 Å². The molecule has 84 valence electrons. The van der Waals surface area contributed by atoms with Gasteiger partial charge in [0, 0.05) is 13.1 Å². The number of likely N-dealkylation sites (tertiary alicyclic amines) is 1. The fourth-order valence-electron chi connectivity index (χ4n) is 2.52. The third kappa shape index (κ3) is 2.78. The standard InChI is InChI=1S/C11H19N3O/c1-8-4-9(2)6-14(5-8)7-11-12-10(3)13-15-11/h8-9H,4-7H2,1-3H3/t8-,9-/m1/s1. The second-order valence-corrected chi connectivity index (χ2v) is 4.88. The summed E-state index contributed by atoms with van der Waals surface area (Å²) in [5, 5.41) is 3.81. The van der Waals surface area contributed by atoms with Crippen molar-refractivity contribution in [1.82, 2.24) is 15.0 Å². The van der Waals surface area contributed by atoms with Gasteiger partial charge in [0.2, 0.25) is 5.89 Å². The highest BCUT2D eigenvalue weighted by Gasteiger charge is 2.22. The lowest BCUT2D eigenvalue weighted by Gasteiger charge is -2.33. The summed E-state index contributed by atoms with van der Waals surface area (Å²) in [6.07, 6.45) is 1.33. The van der Waals surface area contributed by atoms with Gasteiger partial charge in [-0.15, -0.1) is 0 Å². The van der Waals surface area contributed by atoms with Gasteiger partial charge in [-0.25, -0.2) is 0 Å². The predicted octanol–water partition coefficient (Wildman–Crippen LogP) is 1.86. The highest BCUT2D eigenvalue weighted by molar-refractivity contribution is 4.85. The van der Waals surface area contributed by atoms with Crippen LogP contribution in [0.1, 0.15) is 32.0 Å². The molecule has 1 aliphatic rings. The van der Waals surface area contributed by atoms with Crippen LogP contribution in [-0.2, 0) is 6.54 Å². The quantitative estimate of drug-likeness (QED) is 0.745. The largest absolute Gasteiger partial charge is 0.338 e. The molecule has 0 amide bonds. The monoisotopic (exact) mass is 209 g/mol. The maximum Gasteiger partial charge on any atom is 0.240 e. The molecule has 0 aliphatic carbocycles. The van der Waals surface area contributed by atoms with Gasteiger partial charge in [0.25, 0.3) is 0 Å². The minimum absolute atomic E-state index is 0.725. The Labute approximate surface area is 90.7 Å². The first-order valence-electron chi connectivity index (χ1n) is 5.65. The predicted molar refractivity (Wildman–Crippen MR) is 57.3 cm³/mol. The first kappa shape index (κ1) is 10.6. The van der Waals surface area contributed by atoms with Gasteiger partial charge < -0.3 is 4.52 Å². The van der Waals surface area contributed by atoms with Crippen LogP contribution in [-0.4, -0.2) is 28.1 Å². The zero-order chi connectivity index (χ0) is 10.8. The smallest absolute Gasteiger partial charge is 0.240 e. The van der Waals surface area contributed by atoms with Crippen LogP contribution in [0.25, 0.3) is 0 Å². The Hall–Kier alpha value is -0.900. The Morgan fingerprint density at radius 3 is 2.53 bits per heavy atom. The number of rotatable bonds is 2. The van der Waals surface area contributed by atoms with Gasteiger partial charge in [-0.1, -0.05) is 19.0 Å². The lowest BCUT2D eigenvalue weighted by Crippen LogP contribution is -2.38. The maximum atomic E-state index is 5.13. The first-order valence-corrected chi connectivity index (χ1v) is 5.65. The molecular formula is C11H19N3O. The van der Waals surface area contributed by atoms with E-state index >= 15 is 0 Å². The lowest BCUT2D eigenvalue weighted by molar-refractivity contribution is 0.121. The van der Waals surface area contributed by atoms with Crippen LogP contribution >= 0.6 is 0 Å². The number of aromatic nitrogens is 2. The Bertz CT molecular complexity index is 313. The van der Waals surface area contributed by atoms with Gasteiger partial charge >= 0.3 is 0 Å². The molecule has 0 spiro atoms. The average Bonchev–Trinajstić information content (AvgIpc) is 2.49. The molecule has 2 heterocycles. The molecule has 1 aromatic heterocycles. The van der Waals surface area contributed by atoms with E-state index in [4.69, 9.17) is 4.52 Å². The van der Waals surface area contributed by atoms with Gasteiger partial charge in [-0.3, -0.25) is 4.90 Å². The van der Waals surface area contributed by atoms with Gasteiger partial charge in [-0.2, -0.15) is 4.98 Å². The lowest BCUT2D eigenvalue weighted by atomic mass is 9.92. The SMILES string of the molecule is Cc1noc(CN2C[C@H](C)C[C@@H](C)C2)n1. The summed E-state index contributed by atoms with van der Waals surface area (Å²) >= 11 is 0. The summed E-state index contributed by atoms with van der Waals surface area (Å²) in [6.45, 7) is 9.56. The highest BCUT2D eigenvalue weighted by Crippen LogP contribution is 2.21. The molecule has 0 unspecified atom stereocenters. The normalized spacial score (nSPS) is 28.2. The van der Waals surface area contributed by atoms with E-state index in [1.165, 1.54) is 6.42 Å². The van der Waals surface area contributed by atoms with Crippen molar-refractivity contribution >= 4 is 0 Å². The number of hydrogen-bond acceptors (Lipinski definition) is 4. The number of hydrogen-bond donors (Lipinski definition) is 0. The Balaban J connectivity index is 1.94. The summed E-state index contributed by atoms with van der Waals surface area (Å²) in [5.74, 6) is 3.02. The van der Waals surface area contributed by atoms with Gasteiger partial charge in [-0.05, 0) is 25.2 Å². The van der Waals surface area contributed by atoms with Gasteiger partial charge in [0.1, 0.15) is 0 Å². The summed E-state index contributed by atoms with van der Waals surface area (Å²) in [4.78, 5) is 6.64. The van der Waals surface area contributed by atoms with Crippen molar-refractivity contribution in [2.24, 2.45) is 11.8 Å². The van der Waals surface area contributed by atoms with E-state index in [-0.39, 0.29) is 0 Å². The summed E-state index contributed by atoms with van der Waals surface area (Å²) < 4.78 is 5.13. The van der Waals surface area contributed by atoms with Crippen molar-refractivity contribution < 1.29 is 4.52 Å². The molecule has 0 aromatic carbocycles. The van der Waals surface area contributed by atoms with Crippen LogP contribution in [0, 0.1) is 18.8 Å².